The molecule has 24 heavy (non-hydrogen) atoms. The van der Waals surface area contributed by atoms with Gasteiger partial charge in [-0.1, -0.05) is 83.8 Å². The van der Waals surface area contributed by atoms with E-state index < -0.39 is 12.1 Å². The number of alkyl carbamates (subject to hydrolysis) is 1. The van der Waals surface area contributed by atoms with Gasteiger partial charge in [0.05, 0.1) is 6.61 Å². The first-order valence-electron chi connectivity index (χ1n) is 9.37. The predicted octanol–water partition coefficient (Wildman–Crippen LogP) is 4.75. The Hall–Kier alpha value is -1.52. The quantitative estimate of drug-likeness (QED) is 0.250. The van der Waals surface area contributed by atoms with E-state index in [0.717, 1.165) is 12.8 Å². The van der Waals surface area contributed by atoms with Crippen LogP contribution >= 0.6 is 0 Å². The van der Waals surface area contributed by atoms with E-state index in [1.165, 1.54) is 63.9 Å². The van der Waals surface area contributed by atoms with E-state index in [0.29, 0.717) is 6.61 Å². The summed E-state index contributed by atoms with van der Waals surface area (Å²) in [6, 6.07) is 0. The molecule has 1 N–H and O–H groups in total. The van der Waals surface area contributed by atoms with Gasteiger partial charge >= 0.3 is 12.1 Å². The maximum Gasteiger partial charge on any atom is 0.407 e. The fraction of sp³-hybridized carbons (Fsp3) is 0.789. The number of carbonyl (C=O) groups is 2. The number of amides is 1. The molecule has 0 aromatic rings. The van der Waals surface area contributed by atoms with E-state index in [1.54, 1.807) is 0 Å². The minimum atomic E-state index is -0.637. The third kappa shape index (κ3) is 16.8. The van der Waals surface area contributed by atoms with Gasteiger partial charge < -0.3 is 14.8 Å². The first-order valence-corrected chi connectivity index (χ1v) is 9.37. The van der Waals surface area contributed by atoms with Crippen molar-refractivity contribution in [2.45, 2.75) is 77.6 Å². The topological polar surface area (TPSA) is 64.6 Å². The molecule has 0 aliphatic carbocycles. The average molecular weight is 341 g/mol. The van der Waals surface area contributed by atoms with Gasteiger partial charge in [0, 0.05) is 0 Å². The van der Waals surface area contributed by atoms with Crippen LogP contribution in [0.25, 0.3) is 0 Å². The Kier molecular flexibility index (Phi) is 16.7. The lowest BCUT2D eigenvalue weighted by Crippen LogP contribution is -2.31. The van der Waals surface area contributed by atoms with Crippen LogP contribution in [0.4, 0.5) is 4.79 Å². The van der Waals surface area contributed by atoms with E-state index in [1.807, 2.05) is 0 Å². The van der Waals surface area contributed by atoms with Crippen molar-refractivity contribution in [3.63, 3.8) is 0 Å². The van der Waals surface area contributed by atoms with Crippen LogP contribution in [0, 0.1) is 0 Å². The van der Waals surface area contributed by atoms with Crippen molar-refractivity contribution < 1.29 is 19.1 Å². The second-order valence-corrected chi connectivity index (χ2v) is 6.00. The first-order chi connectivity index (χ1) is 11.7. The van der Waals surface area contributed by atoms with E-state index in [4.69, 9.17) is 4.74 Å². The lowest BCUT2D eigenvalue weighted by atomic mass is 10.1. The summed E-state index contributed by atoms with van der Waals surface area (Å²) < 4.78 is 9.73. The van der Waals surface area contributed by atoms with Crippen LogP contribution in [0.2, 0.25) is 0 Å². The molecule has 0 saturated carbocycles. The third-order valence-corrected chi connectivity index (χ3v) is 3.72. The standard InChI is InChI=1S/C19H35NO4/c1-3-5-6-7-8-9-10-11-12-13-14-16-23-18(21)17-20-19(22)24-15-4-2/h4H,2-3,5-17H2,1H3,(H,20,22). The number of hydrogen-bond acceptors (Lipinski definition) is 4. The fourth-order valence-corrected chi connectivity index (χ4v) is 2.33. The van der Waals surface area contributed by atoms with E-state index in [-0.39, 0.29) is 13.2 Å². The number of nitrogens with one attached hydrogen (secondary N) is 1. The summed E-state index contributed by atoms with van der Waals surface area (Å²) in [5.41, 5.74) is 0. The van der Waals surface area contributed by atoms with Crippen molar-refractivity contribution in [3.8, 4) is 0 Å². The van der Waals surface area contributed by atoms with Gasteiger partial charge in [-0.15, -0.1) is 0 Å². The van der Waals surface area contributed by atoms with E-state index >= 15 is 0 Å². The van der Waals surface area contributed by atoms with Gasteiger partial charge in [-0.25, -0.2) is 4.79 Å². The Labute approximate surface area is 147 Å². The zero-order valence-electron chi connectivity index (χ0n) is 15.3. The maximum atomic E-state index is 11.4. The number of esters is 1. The molecule has 0 radical (unpaired) electrons. The molecular formula is C19H35NO4. The molecule has 5 nitrogen and oxygen atoms in total. The van der Waals surface area contributed by atoms with Gasteiger partial charge in [0.1, 0.15) is 13.2 Å². The molecule has 0 bridgehead atoms. The molecule has 0 spiro atoms. The molecule has 0 unspecified atom stereocenters. The molecule has 0 fully saturated rings. The summed E-state index contributed by atoms with van der Waals surface area (Å²) in [7, 11) is 0. The molecule has 0 heterocycles. The first kappa shape index (κ1) is 22.5. The van der Waals surface area contributed by atoms with Gasteiger partial charge in [0.2, 0.25) is 0 Å². The van der Waals surface area contributed by atoms with Gasteiger partial charge in [-0.05, 0) is 6.42 Å². The molecule has 1 amide bonds. The Morgan fingerprint density at radius 3 is 1.96 bits per heavy atom. The van der Waals surface area contributed by atoms with E-state index in [2.05, 4.69) is 23.6 Å². The fourth-order valence-electron chi connectivity index (χ4n) is 2.33. The minimum Gasteiger partial charge on any atom is -0.464 e. The molecule has 0 aliphatic rings. The van der Waals surface area contributed by atoms with Gasteiger partial charge in [0.25, 0.3) is 0 Å². The van der Waals surface area contributed by atoms with Crippen LogP contribution in [0.15, 0.2) is 12.7 Å². The highest BCUT2D eigenvalue weighted by Gasteiger charge is 2.06. The summed E-state index contributed by atoms with van der Waals surface area (Å²) in [5.74, 6) is -0.433. The summed E-state index contributed by atoms with van der Waals surface area (Å²) >= 11 is 0. The minimum absolute atomic E-state index is 0.125. The molecule has 0 aromatic heterocycles. The highest BCUT2D eigenvalue weighted by Crippen LogP contribution is 2.11. The largest absolute Gasteiger partial charge is 0.464 e. The van der Waals surface area contributed by atoms with Crippen LogP contribution < -0.4 is 5.32 Å². The summed E-state index contributed by atoms with van der Waals surface area (Å²) in [4.78, 5) is 22.5. The summed E-state index contributed by atoms with van der Waals surface area (Å²) in [6.07, 6.45) is 14.7. The Balaban J connectivity index is 3.24. The molecule has 140 valence electrons. The van der Waals surface area contributed by atoms with Crippen molar-refractivity contribution in [2.24, 2.45) is 0 Å². The van der Waals surface area contributed by atoms with Crippen LogP contribution in [0.1, 0.15) is 77.6 Å². The molecule has 0 rings (SSSR count). The molecule has 5 heteroatoms. The number of unbranched alkanes of at least 4 members (excludes halogenated alkanes) is 10. The molecule has 0 atom stereocenters. The molecular weight excluding hydrogens is 306 g/mol. The summed E-state index contributed by atoms with van der Waals surface area (Å²) in [5, 5.41) is 2.33. The lowest BCUT2D eigenvalue weighted by molar-refractivity contribution is -0.142. The van der Waals surface area contributed by atoms with Crippen LogP contribution in [-0.4, -0.2) is 31.8 Å². The monoisotopic (exact) mass is 341 g/mol. The molecule has 0 aromatic carbocycles. The smallest absolute Gasteiger partial charge is 0.407 e. The highest BCUT2D eigenvalue weighted by atomic mass is 16.6. The van der Waals surface area contributed by atoms with Crippen molar-refractivity contribution in [1.82, 2.24) is 5.32 Å². The third-order valence-electron chi connectivity index (χ3n) is 3.72. The Morgan fingerprint density at radius 2 is 1.42 bits per heavy atom. The number of rotatable bonds is 16. The van der Waals surface area contributed by atoms with Crippen molar-refractivity contribution in [3.05, 3.63) is 12.7 Å². The van der Waals surface area contributed by atoms with Gasteiger partial charge in [-0.2, -0.15) is 0 Å². The lowest BCUT2D eigenvalue weighted by Gasteiger charge is -2.06. The normalized spacial score (nSPS) is 10.2. The Morgan fingerprint density at radius 1 is 0.875 bits per heavy atom. The molecule has 0 aliphatic heterocycles. The average Bonchev–Trinajstić information content (AvgIpc) is 2.59. The molecule has 0 saturated heterocycles. The maximum absolute atomic E-state index is 11.4. The zero-order valence-corrected chi connectivity index (χ0v) is 15.3. The van der Waals surface area contributed by atoms with Crippen LogP contribution in [0.3, 0.4) is 0 Å². The SMILES string of the molecule is C=CCOC(=O)NCC(=O)OCCCCCCCCCCCCC. The zero-order chi connectivity index (χ0) is 17.9. The van der Waals surface area contributed by atoms with Crippen molar-refractivity contribution in [2.75, 3.05) is 19.8 Å². The Bertz CT molecular complexity index is 331. The van der Waals surface area contributed by atoms with Crippen molar-refractivity contribution >= 4 is 12.1 Å². The van der Waals surface area contributed by atoms with Crippen LogP contribution in [-0.2, 0) is 14.3 Å². The predicted molar refractivity (Wildman–Crippen MR) is 97.0 cm³/mol. The van der Waals surface area contributed by atoms with Gasteiger partial charge in [-0.3, -0.25) is 4.79 Å². The highest BCUT2D eigenvalue weighted by molar-refractivity contribution is 5.77. The number of hydrogen-bond donors (Lipinski definition) is 1. The van der Waals surface area contributed by atoms with E-state index in [9.17, 15) is 9.59 Å². The van der Waals surface area contributed by atoms with Crippen molar-refractivity contribution in [1.29, 1.82) is 0 Å². The number of ether oxygens (including phenoxy) is 2. The van der Waals surface area contributed by atoms with Crippen LogP contribution in [0.5, 0.6) is 0 Å². The summed E-state index contributed by atoms with van der Waals surface area (Å²) in [6.45, 7) is 6.05. The van der Waals surface area contributed by atoms with Gasteiger partial charge in [0.15, 0.2) is 0 Å². The second-order valence-electron chi connectivity index (χ2n) is 6.00. The second kappa shape index (κ2) is 17.8. The number of carbonyl (C=O) groups excluding carboxylic acids is 2.